The molecule has 2 fully saturated rings. The molecular weight excluding hydrogens is 432 g/mol. The minimum atomic E-state index is -0.634. The molecule has 1 aromatic rings. The number of imide groups is 1. The zero-order valence-corrected chi connectivity index (χ0v) is 20.1. The second-order valence-electron chi connectivity index (χ2n) is 10.4. The van der Waals surface area contributed by atoms with E-state index in [0.717, 1.165) is 43.2 Å². The summed E-state index contributed by atoms with van der Waals surface area (Å²) < 4.78 is 5.57. The summed E-state index contributed by atoms with van der Waals surface area (Å²) in [5, 5.41) is 2.33. The number of piperidine rings is 1. The van der Waals surface area contributed by atoms with Crippen LogP contribution in [0.15, 0.2) is 18.2 Å². The molecule has 3 unspecified atom stereocenters. The number of benzene rings is 1. The number of hydrogen-bond donors (Lipinski definition) is 1. The van der Waals surface area contributed by atoms with E-state index in [0.29, 0.717) is 18.5 Å². The quantitative estimate of drug-likeness (QED) is 0.314. The Kier molecular flexibility index (Phi) is 6.79. The SMILES string of the molecule is CC(C)(C)OC(=O)C1CCCC(C#Cc2cccc3c2CN(C2CCC(=O)NC2=O)C3=O)CC1. The molecule has 0 spiro atoms. The molecule has 1 saturated heterocycles. The van der Waals surface area contributed by atoms with Crippen molar-refractivity contribution < 1.29 is 23.9 Å². The van der Waals surface area contributed by atoms with Crippen LogP contribution in [0.4, 0.5) is 0 Å². The van der Waals surface area contributed by atoms with Crippen molar-refractivity contribution in [2.75, 3.05) is 0 Å². The molecular formula is C27H32N2O5. The fourth-order valence-corrected chi connectivity index (χ4v) is 4.95. The van der Waals surface area contributed by atoms with Gasteiger partial charge in [0.15, 0.2) is 0 Å². The monoisotopic (exact) mass is 464 g/mol. The third-order valence-corrected chi connectivity index (χ3v) is 6.70. The van der Waals surface area contributed by atoms with Crippen LogP contribution < -0.4 is 5.32 Å². The summed E-state index contributed by atoms with van der Waals surface area (Å²) in [7, 11) is 0. The summed E-state index contributed by atoms with van der Waals surface area (Å²) in [4.78, 5) is 50.8. The van der Waals surface area contributed by atoms with Gasteiger partial charge in [-0.3, -0.25) is 24.5 Å². The first kappa shape index (κ1) is 24.0. The Labute approximate surface area is 200 Å². The highest BCUT2D eigenvalue weighted by Gasteiger charge is 2.39. The molecule has 4 rings (SSSR count). The number of ether oxygens (including phenoxy) is 1. The maximum absolute atomic E-state index is 13.0. The van der Waals surface area contributed by atoms with Crippen molar-refractivity contribution in [3.05, 3.63) is 34.9 Å². The largest absolute Gasteiger partial charge is 0.460 e. The number of carbonyl (C=O) groups is 4. The molecule has 2 aliphatic heterocycles. The Hall–Kier alpha value is -3.14. The van der Waals surface area contributed by atoms with Crippen molar-refractivity contribution in [3.63, 3.8) is 0 Å². The summed E-state index contributed by atoms with van der Waals surface area (Å²) >= 11 is 0. The fraction of sp³-hybridized carbons (Fsp3) is 0.556. The predicted octanol–water partition coefficient (Wildman–Crippen LogP) is 3.34. The van der Waals surface area contributed by atoms with Crippen molar-refractivity contribution >= 4 is 23.7 Å². The van der Waals surface area contributed by atoms with Crippen molar-refractivity contribution in [1.82, 2.24) is 10.2 Å². The molecule has 34 heavy (non-hydrogen) atoms. The van der Waals surface area contributed by atoms with Crippen molar-refractivity contribution in [2.45, 2.75) is 83.9 Å². The standard InChI is InChI=1S/C27H32N2O5/c1-27(2,3)34-26(33)19-8-4-6-17(11-13-19)10-12-18-7-5-9-20-21(18)16-29(25(20)32)22-14-15-23(30)28-24(22)31/h5,7,9,17,19,22H,4,6,8,11,13-16H2,1-3H3,(H,28,30,31). The molecule has 7 nitrogen and oxygen atoms in total. The first-order valence-electron chi connectivity index (χ1n) is 12.1. The van der Waals surface area contributed by atoms with E-state index < -0.39 is 17.6 Å². The molecule has 3 aliphatic rings. The summed E-state index contributed by atoms with van der Waals surface area (Å²) in [5.74, 6) is 5.76. The third kappa shape index (κ3) is 5.32. The normalized spacial score (nSPS) is 25.1. The molecule has 1 aromatic carbocycles. The molecule has 3 amide bonds. The minimum Gasteiger partial charge on any atom is -0.460 e. The van der Waals surface area contributed by atoms with Gasteiger partial charge in [0.05, 0.1) is 5.92 Å². The molecule has 7 heteroatoms. The van der Waals surface area contributed by atoms with Gasteiger partial charge in [0.2, 0.25) is 11.8 Å². The number of amides is 3. The third-order valence-electron chi connectivity index (χ3n) is 6.70. The van der Waals surface area contributed by atoms with E-state index in [2.05, 4.69) is 17.2 Å². The van der Waals surface area contributed by atoms with Gasteiger partial charge in [-0.2, -0.15) is 0 Å². The van der Waals surface area contributed by atoms with E-state index in [4.69, 9.17) is 4.74 Å². The first-order valence-corrected chi connectivity index (χ1v) is 12.1. The van der Waals surface area contributed by atoms with Gasteiger partial charge < -0.3 is 9.64 Å². The molecule has 180 valence electrons. The van der Waals surface area contributed by atoms with Gasteiger partial charge in [0, 0.05) is 30.0 Å². The van der Waals surface area contributed by atoms with Crippen molar-refractivity contribution in [3.8, 4) is 11.8 Å². The van der Waals surface area contributed by atoms with E-state index in [1.54, 1.807) is 11.0 Å². The minimum absolute atomic E-state index is 0.0771. The number of fused-ring (bicyclic) bond motifs is 1. The number of esters is 1. The molecule has 1 saturated carbocycles. The lowest BCUT2D eigenvalue weighted by Gasteiger charge is -2.29. The highest BCUT2D eigenvalue weighted by Crippen LogP contribution is 2.31. The molecule has 0 radical (unpaired) electrons. The van der Waals surface area contributed by atoms with Gasteiger partial charge in [-0.05, 0) is 70.6 Å². The van der Waals surface area contributed by atoms with Crippen LogP contribution in [0.5, 0.6) is 0 Å². The Morgan fingerprint density at radius 3 is 2.62 bits per heavy atom. The average Bonchev–Trinajstić information content (AvgIpc) is 2.94. The van der Waals surface area contributed by atoms with Gasteiger partial charge in [-0.1, -0.05) is 24.3 Å². The Bertz CT molecular complexity index is 1070. The first-order chi connectivity index (χ1) is 16.1. The Balaban J connectivity index is 1.44. The maximum Gasteiger partial charge on any atom is 0.309 e. The van der Waals surface area contributed by atoms with Crippen LogP contribution in [0.1, 0.15) is 87.2 Å². The van der Waals surface area contributed by atoms with Gasteiger partial charge in [0.1, 0.15) is 11.6 Å². The van der Waals surface area contributed by atoms with Crippen LogP contribution in [-0.2, 0) is 25.7 Å². The number of carbonyl (C=O) groups excluding carboxylic acids is 4. The summed E-state index contributed by atoms with van der Waals surface area (Å²) in [6.45, 7) is 5.98. The number of nitrogens with zero attached hydrogens (tertiary/aromatic N) is 1. The molecule has 1 N–H and O–H groups in total. The van der Waals surface area contributed by atoms with E-state index in [1.807, 2.05) is 32.9 Å². The van der Waals surface area contributed by atoms with Gasteiger partial charge >= 0.3 is 5.97 Å². The summed E-state index contributed by atoms with van der Waals surface area (Å²) in [6.07, 6.45) is 4.86. The lowest BCUT2D eigenvalue weighted by Crippen LogP contribution is -2.52. The van der Waals surface area contributed by atoms with Crippen LogP contribution in [0.25, 0.3) is 0 Å². The van der Waals surface area contributed by atoms with Crippen LogP contribution in [0.3, 0.4) is 0 Å². The molecule has 1 aliphatic carbocycles. The van der Waals surface area contributed by atoms with Crippen molar-refractivity contribution in [2.24, 2.45) is 11.8 Å². The molecule has 0 bridgehead atoms. The second kappa shape index (κ2) is 9.61. The van der Waals surface area contributed by atoms with Crippen LogP contribution in [0.2, 0.25) is 0 Å². The van der Waals surface area contributed by atoms with Crippen LogP contribution in [0, 0.1) is 23.7 Å². The topological polar surface area (TPSA) is 92.8 Å². The zero-order valence-electron chi connectivity index (χ0n) is 20.1. The Morgan fingerprint density at radius 1 is 1.09 bits per heavy atom. The van der Waals surface area contributed by atoms with Crippen molar-refractivity contribution in [1.29, 1.82) is 0 Å². The predicted molar refractivity (Wildman–Crippen MR) is 125 cm³/mol. The molecule has 3 atom stereocenters. The van der Waals surface area contributed by atoms with Gasteiger partial charge in [0.25, 0.3) is 5.91 Å². The van der Waals surface area contributed by atoms with E-state index in [9.17, 15) is 19.2 Å². The molecule has 0 aromatic heterocycles. The van der Waals surface area contributed by atoms with E-state index in [1.165, 1.54) is 0 Å². The fourth-order valence-electron chi connectivity index (χ4n) is 4.95. The lowest BCUT2D eigenvalue weighted by atomic mass is 9.97. The average molecular weight is 465 g/mol. The number of hydrogen-bond acceptors (Lipinski definition) is 5. The number of nitrogens with one attached hydrogen (secondary N) is 1. The molecule has 2 heterocycles. The highest BCUT2D eigenvalue weighted by atomic mass is 16.6. The second-order valence-corrected chi connectivity index (χ2v) is 10.4. The van der Waals surface area contributed by atoms with Crippen LogP contribution in [-0.4, -0.2) is 40.2 Å². The van der Waals surface area contributed by atoms with Gasteiger partial charge in [-0.15, -0.1) is 0 Å². The smallest absolute Gasteiger partial charge is 0.309 e. The zero-order chi connectivity index (χ0) is 24.5. The number of rotatable bonds is 2. The maximum atomic E-state index is 13.0. The Morgan fingerprint density at radius 2 is 1.88 bits per heavy atom. The lowest BCUT2D eigenvalue weighted by molar-refractivity contribution is -0.160. The van der Waals surface area contributed by atoms with E-state index >= 15 is 0 Å². The van der Waals surface area contributed by atoms with E-state index in [-0.39, 0.29) is 36.0 Å². The summed E-state index contributed by atoms with van der Waals surface area (Å²) in [5.41, 5.74) is 1.73. The highest BCUT2D eigenvalue weighted by molar-refractivity contribution is 6.05. The summed E-state index contributed by atoms with van der Waals surface area (Å²) in [6, 6.07) is 4.87. The van der Waals surface area contributed by atoms with Crippen LogP contribution >= 0.6 is 0 Å². The van der Waals surface area contributed by atoms with Gasteiger partial charge in [-0.25, -0.2) is 0 Å².